The normalized spacial score (nSPS) is 20.4. The molecular formula is C18H23N5O2. The average Bonchev–Trinajstić information content (AvgIpc) is 2.62. The van der Waals surface area contributed by atoms with Gasteiger partial charge in [0, 0.05) is 37.9 Å². The van der Waals surface area contributed by atoms with Gasteiger partial charge in [-0.3, -0.25) is 9.78 Å². The molecular weight excluding hydrogens is 318 g/mol. The Balaban J connectivity index is 1.70. The largest absolute Gasteiger partial charge is 0.386 e. The first-order valence-electron chi connectivity index (χ1n) is 8.40. The van der Waals surface area contributed by atoms with Crippen LogP contribution in [0.4, 0.5) is 5.95 Å². The summed E-state index contributed by atoms with van der Waals surface area (Å²) in [6, 6.07) is 5.27. The fraction of sp³-hybridized carbons (Fsp3) is 0.444. The lowest BCUT2D eigenvalue weighted by atomic mass is 9.92. The van der Waals surface area contributed by atoms with Crippen LogP contribution in [0.1, 0.15) is 28.9 Å². The van der Waals surface area contributed by atoms with Crippen molar-refractivity contribution >= 4 is 11.9 Å². The van der Waals surface area contributed by atoms with Crippen LogP contribution in [0.3, 0.4) is 0 Å². The Morgan fingerprint density at radius 2 is 2.00 bits per heavy atom. The summed E-state index contributed by atoms with van der Waals surface area (Å²) < 4.78 is 0. The molecule has 7 nitrogen and oxygen atoms in total. The van der Waals surface area contributed by atoms with Crippen molar-refractivity contribution in [2.75, 3.05) is 31.6 Å². The quantitative estimate of drug-likeness (QED) is 0.902. The molecule has 2 aromatic heterocycles. The Labute approximate surface area is 147 Å². The van der Waals surface area contributed by atoms with Crippen LogP contribution in [0, 0.1) is 6.92 Å². The van der Waals surface area contributed by atoms with Crippen molar-refractivity contribution in [1.82, 2.24) is 19.9 Å². The number of hydrogen-bond acceptors (Lipinski definition) is 6. The summed E-state index contributed by atoms with van der Waals surface area (Å²) in [6.45, 7) is 3.26. The number of likely N-dealkylation sites (N-methyl/N-ethyl adjacent to an activating group) is 1. The second-order valence-corrected chi connectivity index (χ2v) is 6.60. The van der Waals surface area contributed by atoms with Gasteiger partial charge in [0.15, 0.2) is 0 Å². The first-order chi connectivity index (χ1) is 12.0. The van der Waals surface area contributed by atoms with E-state index in [4.69, 9.17) is 0 Å². The Bertz CT molecular complexity index is 739. The summed E-state index contributed by atoms with van der Waals surface area (Å²) >= 11 is 0. The van der Waals surface area contributed by atoms with Crippen molar-refractivity contribution in [3.63, 3.8) is 0 Å². The summed E-state index contributed by atoms with van der Waals surface area (Å²) in [6.07, 6.45) is 6.51. The number of carbonyl (C=O) groups is 1. The van der Waals surface area contributed by atoms with E-state index in [1.54, 1.807) is 48.7 Å². The van der Waals surface area contributed by atoms with Crippen molar-refractivity contribution in [1.29, 1.82) is 0 Å². The van der Waals surface area contributed by atoms with Crippen LogP contribution in [0.15, 0.2) is 36.8 Å². The van der Waals surface area contributed by atoms with Crippen LogP contribution in [0.2, 0.25) is 0 Å². The maximum absolute atomic E-state index is 12.7. The highest BCUT2D eigenvalue weighted by Crippen LogP contribution is 2.25. The van der Waals surface area contributed by atoms with Crippen molar-refractivity contribution in [2.24, 2.45) is 0 Å². The summed E-state index contributed by atoms with van der Waals surface area (Å²) in [4.78, 5) is 28.9. The molecule has 3 heterocycles. The summed E-state index contributed by atoms with van der Waals surface area (Å²) in [7, 11) is 1.71. The molecule has 25 heavy (non-hydrogen) atoms. The Hall–Kier alpha value is -2.54. The van der Waals surface area contributed by atoms with E-state index in [-0.39, 0.29) is 12.5 Å². The molecule has 0 aromatic carbocycles. The SMILES string of the molecule is Cc1ncccc1C(=O)N(C)C[C@]1(O)CCCN(c2ncccn2)C1. The third-order valence-corrected chi connectivity index (χ3v) is 4.51. The standard InChI is InChI=1S/C18H23N5O2/c1-14-15(6-3-8-19-14)16(24)22(2)12-18(25)7-4-11-23(13-18)17-20-9-5-10-21-17/h3,5-6,8-10,25H,4,7,11-13H2,1-2H3/t18-/m1/s1. The van der Waals surface area contributed by atoms with Gasteiger partial charge in [-0.05, 0) is 38.0 Å². The van der Waals surface area contributed by atoms with E-state index < -0.39 is 5.60 Å². The predicted molar refractivity (Wildman–Crippen MR) is 94.4 cm³/mol. The van der Waals surface area contributed by atoms with Crippen LogP contribution in [0.5, 0.6) is 0 Å². The number of β-amino-alcohol motifs (C(OH)–C–C–N with tert-alkyl or cyclic N) is 1. The van der Waals surface area contributed by atoms with E-state index in [1.807, 2.05) is 11.8 Å². The predicted octanol–water partition coefficient (Wildman–Crippen LogP) is 1.28. The number of rotatable bonds is 4. The first-order valence-corrected chi connectivity index (χ1v) is 8.40. The van der Waals surface area contributed by atoms with Crippen molar-refractivity contribution in [3.8, 4) is 0 Å². The lowest BCUT2D eigenvalue weighted by molar-refractivity contribution is -0.000332. The molecule has 2 aromatic rings. The zero-order chi connectivity index (χ0) is 17.9. The van der Waals surface area contributed by atoms with Gasteiger partial charge in [-0.15, -0.1) is 0 Å². The molecule has 1 atom stereocenters. The van der Waals surface area contributed by atoms with Gasteiger partial charge in [-0.2, -0.15) is 0 Å². The van der Waals surface area contributed by atoms with Crippen LogP contribution in [0.25, 0.3) is 0 Å². The van der Waals surface area contributed by atoms with E-state index >= 15 is 0 Å². The van der Waals surface area contributed by atoms with Gasteiger partial charge >= 0.3 is 0 Å². The first kappa shape index (κ1) is 17.3. The molecule has 1 amide bonds. The molecule has 1 aliphatic rings. The van der Waals surface area contributed by atoms with E-state index in [0.29, 0.717) is 30.2 Å². The van der Waals surface area contributed by atoms with E-state index in [0.717, 1.165) is 13.0 Å². The highest BCUT2D eigenvalue weighted by Gasteiger charge is 2.36. The number of aliphatic hydroxyl groups is 1. The molecule has 0 aliphatic carbocycles. The minimum atomic E-state index is -0.988. The Morgan fingerprint density at radius 1 is 1.28 bits per heavy atom. The summed E-state index contributed by atoms with van der Waals surface area (Å²) in [5, 5.41) is 11.0. The number of carbonyl (C=O) groups excluding carboxylic acids is 1. The van der Waals surface area contributed by atoms with Gasteiger partial charge in [0.1, 0.15) is 0 Å². The number of anilines is 1. The number of hydrogen-bond donors (Lipinski definition) is 1. The maximum Gasteiger partial charge on any atom is 0.255 e. The third kappa shape index (κ3) is 3.93. The Kier molecular flexibility index (Phi) is 4.94. The molecule has 0 unspecified atom stereocenters. The van der Waals surface area contributed by atoms with Gasteiger partial charge in [0.2, 0.25) is 5.95 Å². The molecule has 1 saturated heterocycles. The van der Waals surface area contributed by atoms with Gasteiger partial charge in [-0.1, -0.05) is 0 Å². The average molecular weight is 341 g/mol. The lowest BCUT2D eigenvalue weighted by Gasteiger charge is -2.41. The summed E-state index contributed by atoms with van der Waals surface area (Å²) in [5.74, 6) is 0.477. The second kappa shape index (κ2) is 7.14. The maximum atomic E-state index is 12.7. The Morgan fingerprint density at radius 3 is 2.72 bits per heavy atom. The lowest BCUT2D eigenvalue weighted by Crippen LogP contribution is -2.55. The topological polar surface area (TPSA) is 82.5 Å². The minimum Gasteiger partial charge on any atom is -0.386 e. The molecule has 132 valence electrons. The van der Waals surface area contributed by atoms with E-state index in [2.05, 4.69) is 15.0 Å². The zero-order valence-corrected chi connectivity index (χ0v) is 14.6. The van der Waals surface area contributed by atoms with E-state index in [9.17, 15) is 9.90 Å². The number of nitrogens with zero attached hydrogens (tertiary/aromatic N) is 5. The number of aromatic nitrogens is 3. The molecule has 0 radical (unpaired) electrons. The molecule has 0 spiro atoms. The van der Waals surface area contributed by atoms with Crippen LogP contribution in [-0.4, -0.2) is 63.1 Å². The number of aryl methyl sites for hydroxylation is 1. The van der Waals surface area contributed by atoms with Crippen molar-refractivity contribution in [3.05, 3.63) is 48.0 Å². The smallest absolute Gasteiger partial charge is 0.255 e. The molecule has 0 bridgehead atoms. The number of piperidine rings is 1. The third-order valence-electron chi connectivity index (χ3n) is 4.51. The molecule has 1 fully saturated rings. The van der Waals surface area contributed by atoms with Gasteiger partial charge in [0.25, 0.3) is 5.91 Å². The van der Waals surface area contributed by atoms with Crippen LogP contribution < -0.4 is 4.90 Å². The molecule has 7 heteroatoms. The minimum absolute atomic E-state index is 0.132. The van der Waals surface area contributed by atoms with Crippen LogP contribution in [-0.2, 0) is 0 Å². The summed E-state index contributed by atoms with van der Waals surface area (Å²) in [5.41, 5.74) is 0.264. The highest BCUT2D eigenvalue weighted by atomic mass is 16.3. The fourth-order valence-electron chi connectivity index (χ4n) is 3.30. The molecule has 1 aliphatic heterocycles. The van der Waals surface area contributed by atoms with Crippen LogP contribution >= 0.6 is 0 Å². The zero-order valence-electron chi connectivity index (χ0n) is 14.6. The second-order valence-electron chi connectivity index (χ2n) is 6.60. The van der Waals surface area contributed by atoms with Gasteiger partial charge < -0.3 is 14.9 Å². The van der Waals surface area contributed by atoms with E-state index in [1.165, 1.54) is 0 Å². The van der Waals surface area contributed by atoms with Gasteiger partial charge in [-0.25, -0.2) is 9.97 Å². The molecule has 1 N–H and O–H groups in total. The number of amides is 1. The number of pyridine rings is 1. The van der Waals surface area contributed by atoms with Crippen molar-refractivity contribution in [2.45, 2.75) is 25.4 Å². The van der Waals surface area contributed by atoms with Crippen molar-refractivity contribution < 1.29 is 9.90 Å². The molecule has 3 rings (SSSR count). The molecule has 0 saturated carbocycles. The van der Waals surface area contributed by atoms with Gasteiger partial charge in [0.05, 0.1) is 24.3 Å². The highest BCUT2D eigenvalue weighted by molar-refractivity contribution is 5.95. The monoisotopic (exact) mass is 341 g/mol. The fourth-order valence-corrected chi connectivity index (χ4v) is 3.30.